The van der Waals surface area contributed by atoms with Gasteiger partial charge in [0.15, 0.2) is 0 Å². The molecule has 4 saturated carbocycles. The fraction of sp³-hybridized carbons (Fsp3) is 0.806. The molecule has 1 aromatic carbocycles. The molecule has 0 saturated heterocycles. The number of halogens is 1. The molecule has 2 nitrogen and oxygen atoms in total. The number of benzene rings is 1. The molecule has 0 spiro atoms. The molecular formula is C31H47FO2. The van der Waals surface area contributed by atoms with Gasteiger partial charge in [-0.1, -0.05) is 51.8 Å². The van der Waals surface area contributed by atoms with Crippen LogP contribution in [-0.4, -0.2) is 16.3 Å². The van der Waals surface area contributed by atoms with Gasteiger partial charge >= 0.3 is 0 Å². The third-order valence-corrected chi connectivity index (χ3v) is 11.8. The molecule has 10 atom stereocenters. The molecule has 3 heteroatoms. The highest BCUT2D eigenvalue weighted by Gasteiger charge is 2.60. The molecule has 0 bridgehead atoms. The Hall–Kier alpha value is -0.930. The summed E-state index contributed by atoms with van der Waals surface area (Å²) >= 11 is 0. The Bertz CT molecular complexity index is 856. The van der Waals surface area contributed by atoms with E-state index in [0.29, 0.717) is 28.7 Å². The van der Waals surface area contributed by atoms with Gasteiger partial charge in [0.05, 0.1) is 12.2 Å². The van der Waals surface area contributed by atoms with Crippen LogP contribution >= 0.6 is 0 Å². The van der Waals surface area contributed by atoms with E-state index in [1.807, 2.05) is 6.07 Å². The van der Waals surface area contributed by atoms with Crippen LogP contribution in [0.3, 0.4) is 0 Å². The van der Waals surface area contributed by atoms with Crippen LogP contribution in [0.15, 0.2) is 24.3 Å². The van der Waals surface area contributed by atoms with Crippen molar-refractivity contribution < 1.29 is 14.6 Å². The Morgan fingerprint density at radius 2 is 1.68 bits per heavy atom. The van der Waals surface area contributed by atoms with Crippen molar-refractivity contribution in [1.29, 1.82) is 0 Å². The highest BCUT2D eigenvalue weighted by molar-refractivity contribution is 5.19. The normalized spacial score (nSPS) is 43.5. The summed E-state index contributed by atoms with van der Waals surface area (Å²) < 4.78 is 14.0. The monoisotopic (exact) mass is 470 g/mol. The van der Waals surface area contributed by atoms with Crippen LogP contribution in [0.5, 0.6) is 0 Å². The van der Waals surface area contributed by atoms with Crippen LogP contribution in [0, 0.1) is 52.2 Å². The second kappa shape index (κ2) is 9.51. The quantitative estimate of drug-likeness (QED) is 0.447. The van der Waals surface area contributed by atoms with Gasteiger partial charge in [-0.05, 0) is 117 Å². The van der Waals surface area contributed by atoms with E-state index >= 15 is 0 Å². The first kappa shape index (κ1) is 24.8. The summed E-state index contributed by atoms with van der Waals surface area (Å²) in [6, 6.07) is 6.65. The van der Waals surface area contributed by atoms with E-state index in [-0.39, 0.29) is 11.9 Å². The third kappa shape index (κ3) is 4.17. The number of fused-ring (bicyclic) bond motifs is 5. The van der Waals surface area contributed by atoms with Crippen molar-refractivity contribution in [2.45, 2.75) is 110 Å². The Labute approximate surface area is 206 Å². The number of hydrogen-bond donors (Lipinski definition) is 2. The van der Waals surface area contributed by atoms with Crippen LogP contribution in [-0.2, 0) is 0 Å². The van der Waals surface area contributed by atoms with E-state index in [1.165, 1.54) is 51.0 Å². The van der Waals surface area contributed by atoms with Crippen molar-refractivity contribution in [3.8, 4) is 0 Å². The Kier molecular flexibility index (Phi) is 6.92. The van der Waals surface area contributed by atoms with Crippen molar-refractivity contribution in [2.75, 3.05) is 0 Å². The topological polar surface area (TPSA) is 40.5 Å². The van der Waals surface area contributed by atoms with Crippen molar-refractivity contribution in [3.63, 3.8) is 0 Å². The van der Waals surface area contributed by atoms with Crippen molar-refractivity contribution in [2.24, 2.45) is 46.3 Å². The Balaban J connectivity index is 1.21. The molecular weight excluding hydrogens is 423 g/mol. The number of rotatable bonds is 6. The Morgan fingerprint density at radius 3 is 2.47 bits per heavy atom. The molecule has 4 aliphatic rings. The SMILES string of the molecule is C[C@H](CCCC(O)c1ccccc1F)[C@H]1CC[C@H]2[C@@H]3CC[C@H]4C[C@@H](O)CC[C@]4(C)[C@H]3CC[C@]12C. The molecule has 0 aromatic heterocycles. The summed E-state index contributed by atoms with van der Waals surface area (Å²) in [5.41, 5.74) is 1.36. The largest absolute Gasteiger partial charge is 0.393 e. The molecule has 4 aliphatic carbocycles. The highest BCUT2D eigenvalue weighted by atomic mass is 19.1. The van der Waals surface area contributed by atoms with Crippen LogP contribution in [0.25, 0.3) is 0 Å². The first-order valence-corrected chi connectivity index (χ1v) is 14.3. The number of aliphatic hydroxyl groups is 2. The summed E-state index contributed by atoms with van der Waals surface area (Å²) in [4.78, 5) is 0. The predicted molar refractivity (Wildman–Crippen MR) is 136 cm³/mol. The molecule has 1 unspecified atom stereocenters. The fourth-order valence-electron chi connectivity index (χ4n) is 9.95. The van der Waals surface area contributed by atoms with Crippen LogP contribution in [0.1, 0.15) is 109 Å². The van der Waals surface area contributed by atoms with Gasteiger partial charge in [-0.2, -0.15) is 0 Å². The maximum atomic E-state index is 14.0. The molecule has 2 N–H and O–H groups in total. The molecule has 0 radical (unpaired) electrons. The van der Waals surface area contributed by atoms with Gasteiger partial charge in [0.2, 0.25) is 0 Å². The van der Waals surface area contributed by atoms with E-state index in [4.69, 9.17) is 0 Å². The summed E-state index contributed by atoms with van der Waals surface area (Å²) in [6.07, 6.45) is 13.5. The van der Waals surface area contributed by atoms with Crippen LogP contribution in [0.4, 0.5) is 4.39 Å². The van der Waals surface area contributed by atoms with E-state index in [0.717, 1.165) is 55.3 Å². The molecule has 190 valence electrons. The average Bonchev–Trinajstić information content (AvgIpc) is 3.17. The summed E-state index contributed by atoms with van der Waals surface area (Å²) in [7, 11) is 0. The van der Waals surface area contributed by atoms with Crippen molar-refractivity contribution >= 4 is 0 Å². The van der Waals surface area contributed by atoms with E-state index < -0.39 is 6.10 Å². The highest BCUT2D eigenvalue weighted by Crippen LogP contribution is 2.68. The summed E-state index contributed by atoms with van der Waals surface area (Å²) in [6.45, 7) is 7.65. The second-order valence-electron chi connectivity index (χ2n) is 13.3. The molecule has 0 aliphatic heterocycles. The fourth-order valence-corrected chi connectivity index (χ4v) is 9.95. The zero-order valence-electron chi connectivity index (χ0n) is 21.7. The van der Waals surface area contributed by atoms with Gasteiger partial charge in [-0.3, -0.25) is 0 Å². The van der Waals surface area contributed by atoms with Crippen molar-refractivity contribution in [3.05, 3.63) is 35.6 Å². The van der Waals surface area contributed by atoms with Gasteiger partial charge in [-0.15, -0.1) is 0 Å². The van der Waals surface area contributed by atoms with Gasteiger partial charge < -0.3 is 10.2 Å². The molecule has 1 aromatic rings. The van der Waals surface area contributed by atoms with E-state index in [1.54, 1.807) is 12.1 Å². The third-order valence-electron chi connectivity index (χ3n) is 11.8. The maximum Gasteiger partial charge on any atom is 0.128 e. The maximum absolute atomic E-state index is 14.0. The lowest BCUT2D eigenvalue weighted by atomic mass is 9.44. The molecule has 0 heterocycles. The van der Waals surface area contributed by atoms with E-state index in [2.05, 4.69) is 20.8 Å². The lowest BCUT2D eigenvalue weighted by Gasteiger charge is -2.61. The van der Waals surface area contributed by atoms with Gasteiger partial charge in [0.1, 0.15) is 5.82 Å². The standard InChI is InChI=1S/C31H47FO2/c1-20(7-6-10-29(34)24-8-4-5-9-28(24)32)25-13-14-26-23-12-11-21-19-22(33)15-17-30(21,2)27(23)16-18-31(25,26)3/h4-5,8-9,20-23,25-27,29,33-34H,6-7,10-19H2,1-3H3/t20-,21+,22+,23+,25-,26+,27+,29?,30+,31-/m1/s1. The second-order valence-corrected chi connectivity index (χ2v) is 13.3. The molecule has 0 amide bonds. The Morgan fingerprint density at radius 1 is 0.941 bits per heavy atom. The number of aliphatic hydroxyl groups excluding tert-OH is 2. The number of hydrogen-bond acceptors (Lipinski definition) is 2. The van der Waals surface area contributed by atoms with Crippen molar-refractivity contribution in [1.82, 2.24) is 0 Å². The van der Waals surface area contributed by atoms with Gasteiger partial charge in [-0.25, -0.2) is 4.39 Å². The van der Waals surface area contributed by atoms with E-state index in [9.17, 15) is 14.6 Å². The minimum atomic E-state index is -0.694. The smallest absolute Gasteiger partial charge is 0.128 e. The zero-order valence-corrected chi connectivity index (χ0v) is 21.7. The summed E-state index contributed by atoms with van der Waals surface area (Å²) in [5.74, 6) is 4.50. The van der Waals surface area contributed by atoms with Crippen LogP contribution < -0.4 is 0 Å². The molecule has 4 fully saturated rings. The molecule has 5 rings (SSSR count). The minimum absolute atomic E-state index is 0.0582. The molecule has 34 heavy (non-hydrogen) atoms. The summed E-state index contributed by atoms with van der Waals surface area (Å²) in [5, 5.41) is 20.8. The van der Waals surface area contributed by atoms with Gasteiger partial charge in [0.25, 0.3) is 0 Å². The minimum Gasteiger partial charge on any atom is -0.393 e. The first-order chi connectivity index (χ1) is 16.2. The van der Waals surface area contributed by atoms with Crippen LogP contribution in [0.2, 0.25) is 0 Å². The predicted octanol–water partition coefficient (Wildman–Crippen LogP) is 7.69. The first-order valence-electron chi connectivity index (χ1n) is 14.3. The average molecular weight is 471 g/mol. The lowest BCUT2D eigenvalue weighted by Crippen LogP contribution is -2.54. The zero-order chi connectivity index (χ0) is 24.1. The lowest BCUT2D eigenvalue weighted by molar-refractivity contribution is -0.129. The van der Waals surface area contributed by atoms with Gasteiger partial charge in [0, 0.05) is 5.56 Å².